The summed E-state index contributed by atoms with van der Waals surface area (Å²) >= 11 is 0. The Morgan fingerprint density at radius 1 is 1.42 bits per heavy atom. The standard InChI is InChI=1S/C14H22N4O/c1-18(8-6-10-3-2-4-10)13-11-9-15-7-5-12(11)16-14(19)17-13/h10,15H,2-9H2,1H3,(H,16,17,19). The van der Waals surface area contributed by atoms with Crippen molar-refractivity contribution in [3.8, 4) is 0 Å². The van der Waals surface area contributed by atoms with Crippen LogP contribution in [0.1, 0.15) is 36.9 Å². The zero-order chi connectivity index (χ0) is 13.2. The largest absolute Gasteiger partial charge is 0.359 e. The Morgan fingerprint density at radius 3 is 3.00 bits per heavy atom. The molecule has 2 aliphatic rings. The van der Waals surface area contributed by atoms with Gasteiger partial charge in [-0.3, -0.25) is 0 Å². The second-order valence-electron chi connectivity index (χ2n) is 5.76. The molecule has 5 heteroatoms. The lowest BCUT2D eigenvalue weighted by Gasteiger charge is -2.29. The number of fused-ring (bicyclic) bond motifs is 1. The Balaban J connectivity index is 1.77. The third kappa shape index (κ3) is 2.66. The van der Waals surface area contributed by atoms with E-state index in [2.05, 4.69) is 27.2 Å². The van der Waals surface area contributed by atoms with Gasteiger partial charge in [-0.2, -0.15) is 4.98 Å². The molecule has 0 spiro atoms. The predicted molar refractivity (Wildman–Crippen MR) is 75.5 cm³/mol. The van der Waals surface area contributed by atoms with Crippen LogP contribution in [0.5, 0.6) is 0 Å². The van der Waals surface area contributed by atoms with Gasteiger partial charge in [0.25, 0.3) is 0 Å². The molecule has 0 amide bonds. The van der Waals surface area contributed by atoms with Crippen LogP contribution in [0, 0.1) is 5.92 Å². The highest BCUT2D eigenvalue weighted by Crippen LogP contribution is 2.30. The first-order valence-corrected chi connectivity index (χ1v) is 7.28. The summed E-state index contributed by atoms with van der Waals surface area (Å²) in [5.41, 5.74) is 2.01. The van der Waals surface area contributed by atoms with Gasteiger partial charge >= 0.3 is 5.69 Å². The number of hydrogen-bond acceptors (Lipinski definition) is 4. The highest BCUT2D eigenvalue weighted by Gasteiger charge is 2.21. The molecule has 0 radical (unpaired) electrons. The summed E-state index contributed by atoms with van der Waals surface area (Å²) in [4.78, 5) is 20.9. The highest BCUT2D eigenvalue weighted by atomic mass is 16.1. The molecular formula is C14H22N4O. The molecule has 1 saturated carbocycles. The van der Waals surface area contributed by atoms with Crippen molar-refractivity contribution >= 4 is 5.82 Å². The number of nitrogens with one attached hydrogen (secondary N) is 2. The van der Waals surface area contributed by atoms with E-state index in [-0.39, 0.29) is 5.69 Å². The number of anilines is 1. The van der Waals surface area contributed by atoms with Gasteiger partial charge in [-0.1, -0.05) is 19.3 Å². The quantitative estimate of drug-likeness (QED) is 0.851. The molecule has 0 unspecified atom stereocenters. The first-order valence-electron chi connectivity index (χ1n) is 7.28. The summed E-state index contributed by atoms with van der Waals surface area (Å²) in [6, 6.07) is 0. The molecule has 2 heterocycles. The van der Waals surface area contributed by atoms with Crippen molar-refractivity contribution in [1.82, 2.24) is 15.3 Å². The minimum absolute atomic E-state index is 0.217. The van der Waals surface area contributed by atoms with Gasteiger partial charge in [-0.15, -0.1) is 0 Å². The van der Waals surface area contributed by atoms with E-state index in [1.165, 1.54) is 31.2 Å². The second kappa shape index (κ2) is 5.33. The summed E-state index contributed by atoms with van der Waals surface area (Å²) < 4.78 is 0. The fourth-order valence-corrected chi connectivity index (χ4v) is 2.94. The summed E-state index contributed by atoms with van der Waals surface area (Å²) in [5.74, 6) is 1.75. The van der Waals surface area contributed by atoms with E-state index in [0.29, 0.717) is 0 Å². The number of aromatic nitrogens is 2. The van der Waals surface area contributed by atoms with E-state index >= 15 is 0 Å². The van der Waals surface area contributed by atoms with Crippen LogP contribution in [0.25, 0.3) is 0 Å². The van der Waals surface area contributed by atoms with Crippen LogP contribution >= 0.6 is 0 Å². The Morgan fingerprint density at radius 2 is 2.26 bits per heavy atom. The van der Waals surface area contributed by atoms with Gasteiger partial charge in [0.1, 0.15) is 5.82 Å². The van der Waals surface area contributed by atoms with Gasteiger partial charge in [-0.05, 0) is 12.3 Å². The Labute approximate surface area is 113 Å². The molecule has 1 aliphatic heterocycles. The van der Waals surface area contributed by atoms with Gasteiger partial charge < -0.3 is 15.2 Å². The minimum Gasteiger partial charge on any atom is -0.359 e. The van der Waals surface area contributed by atoms with Crippen molar-refractivity contribution in [2.45, 2.75) is 38.6 Å². The van der Waals surface area contributed by atoms with Crippen LogP contribution in [0.15, 0.2) is 4.79 Å². The minimum atomic E-state index is -0.217. The van der Waals surface area contributed by atoms with Crippen LogP contribution in [-0.2, 0) is 13.0 Å². The molecule has 1 aromatic heterocycles. The molecule has 19 heavy (non-hydrogen) atoms. The molecular weight excluding hydrogens is 240 g/mol. The smallest absolute Gasteiger partial charge is 0.347 e. The number of nitrogens with zero attached hydrogens (tertiary/aromatic N) is 2. The Hall–Kier alpha value is -1.36. The fraction of sp³-hybridized carbons (Fsp3) is 0.714. The topological polar surface area (TPSA) is 61.0 Å². The van der Waals surface area contributed by atoms with Crippen molar-refractivity contribution in [2.75, 3.05) is 25.0 Å². The molecule has 1 aliphatic carbocycles. The molecule has 0 atom stereocenters. The maximum Gasteiger partial charge on any atom is 0.347 e. The van der Waals surface area contributed by atoms with E-state index in [1.807, 2.05) is 0 Å². The van der Waals surface area contributed by atoms with Crippen molar-refractivity contribution in [3.63, 3.8) is 0 Å². The summed E-state index contributed by atoms with van der Waals surface area (Å²) in [5, 5.41) is 3.35. The molecule has 1 aromatic rings. The first-order chi connectivity index (χ1) is 9.24. The molecule has 5 nitrogen and oxygen atoms in total. The normalized spacial score (nSPS) is 18.8. The van der Waals surface area contributed by atoms with Gasteiger partial charge in [0.2, 0.25) is 0 Å². The Kier molecular flexibility index (Phi) is 3.55. The lowest BCUT2D eigenvalue weighted by Crippen LogP contribution is -2.33. The number of aromatic amines is 1. The second-order valence-corrected chi connectivity index (χ2v) is 5.76. The number of H-pyrrole nitrogens is 1. The lowest BCUT2D eigenvalue weighted by atomic mass is 9.83. The maximum atomic E-state index is 11.7. The lowest BCUT2D eigenvalue weighted by molar-refractivity contribution is 0.299. The van der Waals surface area contributed by atoms with Crippen LogP contribution in [-0.4, -0.2) is 30.1 Å². The summed E-state index contributed by atoms with van der Waals surface area (Å²) in [6.45, 7) is 2.73. The SMILES string of the molecule is CN(CCC1CCC1)c1nc(=O)[nH]c2c1CNCC2. The van der Waals surface area contributed by atoms with E-state index in [1.54, 1.807) is 0 Å². The fourth-order valence-electron chi connectivity index (χ4n) is 2.94. The van der Waals surface area contributed by atoms with Crippen molar-refractivity contribution in [3.05, 3.63) is 21.7 Å². The zero-order valence-electron chi connectivity index (χ0n) is 11.5. The molecule has 104 valence electrons. The van der Waals surface area contributed by atoms with Crippen LogP contribution in [0.3, 0.4) is 0 Å². The monoisotopic (exact) mass is 262 g/mol. The molecule has 0 saturated heterocycles. The van der Waals surface area contributed by atoms with E-state index in [0.717, 1.165) is 43.5 Å². The van der Waals surface area contributed by atoms with Gasteiger partial charge in [-0.25, -0.2) is 4.79 Å². The molecule has 3 rings (SSSR count). The maximum absolute atomic E-state index is 11.7. The van der Waals surface area contributed by atoms with Crippen molar-refractivity contribution in [1.29, 1.82) is 0 Å². The number of rotatable bonds is 4. The zero-order valence-corrected chi connectivity index (χ0v) is 11.5. The molecule has 0 aromatic carbocycles. The third-order valence-corrected chi connectivity index (χ3v) is 4.41. The van der Waals surface area contributed by atoms with Crippen molar-refractivity contribution < 1.29 is 0 Å². The van der Waals surface area contributed by atoms with Crippen LogP contribution < -0.4 is 15.9 Å². The average molecular weight is 262 g/mol. The average Bonchev–Trinajstić information content (AvgIpc) is 2.35. The summed E-state index contributed by atoms with van der Waals surface area (Å²) in [6.07, 6.45) is 6.23. The van der Waals surface area contributed by atoms with E-state index < -0.39 is 0 Å². The molecule has 2 N–H and O–H groups in total. The van der Waals surface area contributed by atoms with Gasteiger partial charge in [0, 0.05) is 44.4 Å². The van der Waals surface area contributed by atoms with Crippen LogP contribution in [0.4, 0.5) is 5.82 Å². The van der Waals surface area contributed by atoms with Gasteiger partial charge in [0.05, 0.1) is 0 Å². The highest BCUT2D eigenvalue weighted by molar-refractivity contribution is 5.48. The predicted octanol–water partition coefficient (Wildman–Crippen LogP) is 1.04. The van der Waals surface area contributed by atoms with Crippen molar-refractivity contribution in [2.24, 2.45) is 5.92 Å². The molecule has 0 bridgehead atoms. The molecule has 1 fully saturated rings. The van der Waals surface area contributed by atoms with Gasteiger partial charge in [0.15, 0.2) is 0 Å². The first kappa shape index (κ1) is 12.7. The Bertz CT molecular complexity index is 507. The van der Waals surface area contributed by atoms with E-state index in [4.69, 9.17) is 0 Å². The summed E-state index contributed by atoms with van der Waals surface area (Å²) in [7, 11) is 2.05. The van der Waals surface area contributed by atoms with Crippen LogP contribution in [0.2, 0.25) is 0 Å². The third-order valence-electron chi connectivity index (χ3n) is 4.41. The number of hydrogen-bond donors (Lipinski definition) is 2. The van der Waals surface area contributed by atoms with E-state index in [9.17, 15) is 4.79 Å².